The molecule has 0 spiro atoms. The highest BCUT2D eigenvalue weighted by Crippen LogP contribution is 2.33. The van der Waals surface area contributed by atoms with E-state index >= 15 is 0 Å². The molecule has 4 rings (SSSR count). The Morgan fingerprint density at radius 2 is 2.00 bits per heavy atom. The Morgan fingerprint density at radius 1 is 1.24 bits per heavy atom. The number of nitrogens with one attached hydrogen (secondary N) is 1. The molecule has 0 radical (unpaired) electrons. The molecular formula is C26H32ClN3O3S. The standard InChI is InChI=1S/C26H32ClN3O3S/c1-18-21(27)8-5-9-22(18)28-26(34)30(12-6-11-29-13-15-32-16-14-29)19(2)24-17-20-7-4-10-23(31-3)25(20)33-24/h4-5,7-10,17,19H,6,11-16H2,1-3H3,(H,28,34)/t19-/m1/s1. The van der Waals surface area contributed by atoms with Crippen LogP contribution < -0.4 is 10.1 Å². The summed E-state index contributed by atoms with van der Waals surface area (Å²) in [5.74, 6) is 1.57. The first kappa shape index (κ1) is 24.8. The lowest BCUT2D eigenvalue weighted by Crippen LogP contribution is -2.41. The largest absolute Gasteiger partial charge is 0.493 e. The van der Waals surface area contributed by atoms with Crippen LogP contribution in [0, 0.1) is 6.92 Å². The molecule has 0 saturated carbocycles. The van der Waals surface area contributed by atoms with E-state index in [2.05, 4.69) is 28.1 Å². The first-order chi connectivity index (χ1) is 16.5. The molecule has 1 aliphatic rings. The number of fused-ring (bicyclic) bond motifs is 1. The van der Waals surface area contributed by atoms with E-state index in [1.54, 1.807) is 7.11 Å². The highest BCUT2D eigenvalue weighted by Gasteiger charge is 2.24. The van der Waals surface area contributed by atoms with Gasteiger partial charge in [0.25, 0.3) is 0 Å². The molecule has 34 heavy (non-hydrogen) atoms. The second-order valence-corrected chi connectivity index (χ2v) is 9.34. The summed E-state index contributed by atoms with van der Waals surface area (Å²) in [6, 6.07) is 13.7. The van der Waals surface area contributed by atoms with Crippen molar-refractivity contribution in [3.63, 3.8) is 0 Å². The Bertz CT molecular complexity index is 1130. The normalized spacial score (nSPS) is 15.3. The third kappa shape index (κ3) is 5.66. The van der Waals surface area contributed by atoms with Crippen LogP contribution in [-0.4, -0.2) is 61.4 Å². The van der Waals surface area contributed by atoms with Crippen LogP contribution in [0.1, 0.15) is 30.7 Å². The first-order valence-electron chi connectivity index (χ1n) is 11.7. The third-order valence-electron chi connectivity index (χ3n) is 6.37. The first-order valence-corrected chi connectivity index (χ1v) is 12.5. The van der Waals surface area contributed by atoms with E-state index < -0.39 is 0 Å². The van der Waals surface area contributed by atoms with Gasteiger partial charge in [-0.25, -0.2) is 0 Å². The van der Waals surface area contributed by atoms with Gasteiger partial charge < -0.3 is 24.1 Å². The Hall–Kier alpha value is -2.32. The Labute approximate surface area is 211 Å². The minimum absolute atomic E-state index is 0.0683. The summed E-state index contributed by atoms with van der Waals surface area (Å²) >= 11 is 12.2. The van der Waals surface area contributed by atoms with Gasteiger partial charge in [-0.2, -0.15) is 0 Å². The number of ether oxygens (including phenoxy) is 2. The van der Waals surface area contributed by atoms with Crippen LogP contribution in [0.25, 0.3) is 11.0 Å². The maximum Gasteiger partial charge on any atom is 0.176 e. The highest BCUT2D eigenvalue weighted by molar-refractivity contribution is 7.80. The molecule has 1 aromatic heterocycles. The number of furan rings is 1. The number of para-hydroxylation sites is 1. The molecule has 1 aliphatic heterocycles. The SMILES string of the molecule is COc1cccc2cc([C@@H](C)N(CCCN3CCOCC3)C(=S)Nc3cccc(Cl)c3C)oc12. The molecule has 1 saturated heterocycles. The van der Waals surface area contributed by atoms with E-state index in [9.17, 15) is 0 Å². The number of thiocarbonyl (C=S) groups is 1. The fourth-order valence-corrected chi connectivity index (χ4v) is 4.80. The third-order valence-corrected chi connectivity index (χ3v) is 7.12. The quantitative estimate of drug-likeness (QED) is 0.386. The number of hydrogen-bond acceptors (Lipinski definition) is 5. The number of nitrogens with zero attached hydrogens (tertiary/aromatic N) is 2. The molecule has 182 valence electrons. The van der Waals surface area contributed by atoms with Crippen molar-refractivity contribution in [3.8, 4) is 5.75 Å². The smallest absolute Gasteiger partial charge is 0.176 e. The van der Waals surface area contributed by atoms with Gasteiger partial charge in [0, 0.05) is 42.3 Å². The lowest BCUT2D eigenvalue weighted by atomic mass is 10.1. The van der Waals surface area contributed by atoms with Crippen molar-refractivity contribution in [1.29, 1.82) is 0 Å². The van der Waals surface area contributed by atoms with E-state index in [-0.39, 0.29) is 6.04 Å². The molecule has 2 aromatic carbocycles. The van der Waals surface area contributed by atoms with Crippen LogP contribution in [0.3, 0.4) is 0 Å². The molecule has 6 nitrogen and oxygen atoms in total. The summed E-state index contributed by atoms with van der Waals surface area (Å²) in [5, 5.41) is 5.79. The number of anilines is 1. The number of morpholine rings is 1. The second kappa shape index (κ2) is 11.4. The number of hydrogen-bond donors (Lipinski definition) is 1. The van der Waals surface area contributed by atoms with Gasteiger partial charge in [0.15, 0.2) is 16.4 Å². The molecular weight excluding hydrogens is 470 g/mol. The van der Waals surface area contributed by atoms with Crippen LogP contribution >= 0.6 is 23.8 Å². The average Bonchev–Trinajstić information content (AvgIpc) is 3.29. The molecule has 1 atom stereocenters. The lowest BCUT2D eigenvalue weighted by molar-refractivity contribution is 0.0365. The van der Waals surface area contributed by atoms with Crippen molar-refractivity contribution in [2.24, 2.45) is 0 Å². The van der Waals surface area contributed by atoms with Crippen LogP contribution in [0.5, 0.6) is 5.75 Å². The van der Waals surface area contributed by atoms with Gasteiger partial charge in [0.05, 0.1) is 26.4 Å². The Kier molecular flexibility index (Phi) is 8.32. The molecule has 0 bridgehead atoms. The predicted molar refractivity (Wildman–Crippen MR) is 142 cm³/mol. The molecule has 0 amide bonds. The summed E-state index contributed by atoms with van der Waals surface area (Å²) in [6.07, 6.45) is 0.976. The van der Waals surface area contributed by atoms with Crippen LogP contribution in [-0.2, 0) is 4.74 Å². The van der Waals surface area contributed by atoms with Gasteiger partial charge in [0.2, 0.25) is 0 Å². The van der Waals surface area contributed by atoms with Gasteiger partial charge in [-0.05, 0) is 62.3 Å². The van der Waals surface area contributed by atoms with Gasteiger partial charge in [-0.15, -0.1) is 0 Å². The van der Waals surface area contributed by atoms with Crippen molar-refractivity contribution in [3.05, 3.63) is 58.8 Å². The summed E-state index contributed by atoms with van der Waals surface area (Å²) in [7, 11) is 1.66. The minimum Gasteiger partial charge on any atom is -0.493 e. The molecule has 1 fully saturated rings. The summed E-state index contributed by atoms with van der Waals surface area (Å²) < 4.78 is 17.2. The Balaban J connectivity index is 1.55. The molecule has 0 unspecified atom stereocenters. The fraction of sp³-hybridized carbons (Fsp3) is 0.423. The average molecular weight is 502 g/mol. The van der Waals surface area contributed by atoms with Crippen molar-refractivity contribution in [2.45, 2.75) is 26.3 Å². The predicted octanol–water partition coefficient (Wildman–Crippen LogP) is 5.89. The van der Waals surface area contributed by atoms with Gasteiger partial charge >= 0.3 is 0 Å². The number of halogens is 1. The van der Waals surface area contributed by atoms with E-state index in [0.717, 1.165) is 79.5 Å². The summed E-state index contributed by atoms with van der Waals surface area (Å²) in [4.78, 5) is 4.64. The lowest BCUT2D eigenvalue weighted by Gasteiger charge is -2.33. The second-order valence-electron chi connectivity index (χ2n) is 8.55. The molecule has 1 N–H and O–H groups in total. The van der Waals surface area contributed by atoms with Gasteiger partial charge in [0.1, 0.15) is 5.76 Å². The molecule has 8 heteroatoms. The van der Waals surface area contributed by atoms with Crippen molar-refractivity contribution in [2.75, 3.05) is 51.8 Å². The summed E-state index contributed by atoms with van der Waals surface area (Å²) in [5.41, 5.74) is 2.64. The fourth-order valence-electron chi connectivity index (χ4n) is 4.27. The van der Waals surface area contributed by atoms with Gasteiger partial charge in [-0.1, -0.05) is 29.8 Å². The van der Waals surface area contributed by atoms with Crippen LogP contribution in [0.2, 0.25) is 5.02 Å². The van der Waals surface area contributed by atoms with Crippen LogP contribution in [0.4, 0.5) is 5.69 Å². The zero-order valence-corrected chi connectivity index (χ0v) is 21.5. The van der Waals surface area contributed by atoms with E-state index in [1.807, 2.05) is 43.3 Å². The zero-order valence-electron chi connectivity index (χ0n) is 20.0. The Morgan fingerprint density at radius 3 is 2.76 bits per heavy atom. The molecule has 0 aliphatic carbocycles. The maximum absolute atomic E-state index is 6.34. The topological polar surface area (TPSA) is 50.1 Å². The molecule has 3 aromatic rings. The number of methoxy groups -OCH3 is 1. The van der Waals surface area contributed by atoms with E-state index in [1.165, 1.54) is 0 Å². The van der Waals surface area contributed by atoms with E-state index in [0.29, 0.717) is 10.1 Å². The number of rotatable bonds is 8. The van der Waals surface area contributed by atoms with Gasteiger partial charge in [-0.3, -0.25) is 4.90 Å². The van der Waals surface area contributed by atoms with Crippen molar-refractivity contribution < 1.29 is 13.9 Å². The molecule has 2 heterocycles. The zero-order chi connectivity index (χ0) is 24.1. The summed E-state index contributed by atoms with van der Waals surface area (Å²) in [6.45, 7) is 9.46. The number of benzene rings is 2. The van der Waals surface area contributed by atoms with Crippen LogP contribution in [0.15, 0.2) is 46.9 Å². The maximum atomic E-state index is 6.34. The van der Waals surface area contributed by atoms with E-state index in [4.69, 9.17) is 37.7 Å². The highest BCUT2D eigenvalue weighted by atomic mass is 35.5. The van der Waals surface area contributed by atoms with Crippen molar-refractivity contribution >= 4 is 45.6 Å². The van der Waals surface area contributed by atoms with Crippen molar-refractivity contribution in [1.82, 2.24) is 9.80 Å². The minimum atomic E-state index is -0.0683. The monoisotopic (exact) mass is 501 g/mol.